The number of nitro benzene ring substituents is 1. The summed E-state index contributed by atoms with van der Waals surface area (Å²) < 4.78 is 14.0. The number of nitrogens with one attached hydrogen (secondary N) is 1. The number of anilines is 1. The van der Waals surface area contributed by atoms with Crippen LogP contribution in [0.1, 0.15) is 17.2 Å². The maximum absolute atomic E-state index is 14.0. The Morgan fingerprint density at radius 1 is 1.24 bits per heavy atom. The molecule has 0 fully saturated rings. The fourth-order valence-corrected chi connectivity index (χ4v) is 3.58. The first-order valence-corrected chi connectivity index (χ1v) is 7.67. The van der Waals surface area contributed by atoms with E-state index in [0.29, 0.717) is 0 Å². The van der Waals surface area contributed by atoms with Crippen LogP contribution in [0.4, 0.5) is 15.8 Å². The van der Waals surface area contributed by atoms with E-state index in [4.69, 9.17) is 0 Å². The van der Waals surface area contributed by atoms with Crippen molar-refractivity contribution < 1.29 is 9.31 Å². The third-order valence-electron chi connectivity index (χ3n) is 3.48. The van der Waals surface area contributed by atoms with Crippen molar-refractivity contribution in [3.8, 4) is 0 Å². The molecule has 1 aliphatic heterocycles. The fraction of sp³-hybridized carbons (Fsp3) is 0.200. The topological polar surface area (TPSA) is 55.2 Å². The summed E-state index contributed by atoms with van der Waals surface area (Å²) in [6.45, 7) is 0. The molecule has 1 N–H and O–H groups in total. The normalized spacial score (nSPS) is 17.1. The Kier molecular flexibility index (Phi) is 3.79. The lowest BCUT2D eigenvalue weighted by Crippen LogP contribution is -2.20. The van der Waals surface area contributed by atoms with Gasteiger partial charge in [-0.2, -0.15) is 11.8 Å². The van der Waals surface area contributed by atoms with Crippen LogP contribution in [0.3, 0.4) is 0 Å². The number of thioether (sulfide) groups is 1. The highest BCUT2D eigenvalue weighted by atomic mass is 32.2. The van der Waals surface area contributed by atoms with E-state index < -0.39 is 10.7 Å². The van der Waals surface area contributed by atoms with E-state index in [1.54, 1.807) is 11.8 Å². The average molecular weight is 304 g/mol. The number of nitro groups is 1. The van der Waals surface area contributed by atoms with Gasteiger partial charge in [0.15, 0.2) is 5.82 Å². The molecular formula is C15H13FN2O2S. The number of halogens is 1. The molecule has 0 aromatic heterocycles. The zero-order valence-corrected chi connectivity index (χ0v) is 11.9. The molecule has 4 nitrogen and oxygen atoms in total. The van der Waals surface area contributed by atoms with Gasteiger partial charge in [0.1, 0.15) is 5.69 Å². The van der Waals surface area contributed by atoms with Crippen molar-refractivity contribution >= 4 is 23.1 Å². The summed E-state index contributed by atoms with van der Waals surface area (Å²) in [4.78, 5) is 10.5. The van der Waals surface area contributed by atoms with E-state index in [1.165, 1.54) is 23.8 Å². The van der Waals surface area contributed by atoms with Gasteiger partial charge in [0.2, 0.25) is 0 Å². The molecule has 0 radical (unpaired) electrons. The second-order valence-corrected chi connectivity index (χ2v) is 5.83. The van der Waals surface area contributed by atoms with Gasteiger partial charge in [-0.1, -0.05) is 30.3 Å². The van der Waals surface area contributed by atoms with Gasteiger partial charge in [-0.25, -0.2) is 4.39 Å². The number of benzene rings is 2. The molecule has 108 valence electrons. The molecule has 2 aromatic rings. The van der Waals surface area contributed by atoms with E-state index in [-0.39, 0.29) is 17.4 Å². The summed E-state index contributed by atoms with van der Waals surface area (Å²) in [5, 5.41) is 14.1. The van der Waals surface area contributed by atoms with Crippen LogP contribution in [0.25, 0.3) is 0 Å². The molecule has 21 heavy (non-hydrogen) atoms. The van der Waals surface area contributed by atoms with Crippen molar-refractivity contribution in [1.29, 1.82) is 0 Å². The van der Waals surface area contributed by atoms with Gasteiger partial charge in [-0.15, -0.1) is 0 Å². The van der Waals surface area contributed by atoms with E-state index in [2.05, 4.69) is 5.32 Å². The lowest BCUT2D eigenvalue weighted by molar-refractivity contribution is -0.384. The molecule has 0 spiro atoms. The van der Waals surface area contributed by atoms with Crippen molar-refractivity contribution in [1.82, 2.24) is 0 Å². The van der Waals surface area contributed by atoms with Crippen LogP contribution in [-0.4, -0.2) is 10.7 Å². The highest BCUT2D eigenvalue weighted by molar-refractivity contribution is 7.98. The SMILES string of the molecule is O=[N+]([O-])c1cccc(F)c1NC1CSCc2ccccc21. The first-order chi connectivity index (χ1) is 10.2. The summed E-state index contributed by atoms with van der Waals surface area (Å²) in [5.74, 6) is 1.06. The van der Waals surface area contributed by atoms with Crippen LogP contribution in [0.2, 0.25) is 0 Å². The lowest BCUT2D eigenvalue weighted by atomic mass is 10.0. The quantitative estimate of drug-likeness (QED) is 0.684. The first kappa shape index (κ1) is 13.9. The molecule has 2 aromatic carbocycles. The van der Waals surface area contributed by atoms with Crippen molar-refractivity contribution in [2.75, 3.05) is 11.1 Å². The van der Waals surface area contributed by atoms with Crippen molar-refractivity contribution in [2.45, 2.75) is 11.8 Å². The molecule has 1 aliphatic rings. The number of para-hydroxylation sites is 1. The molecule has 0 bridgehead atoms. The largest absolute Gasteiger partial charge is 0.369 e. The second kappa shape index (κ2) is 5.73. The highest BCUT2D eigenvalue weighted by Gasteiger charge is 2.25. The average Bonchev–Trinajstić information content (AvgIpc) is 2.49. The number of nitrogens with zero attached hydrogens (tertiary/aromatic N) is 1. The number of rotatable bonds is 3. The summed E-state index contributed by atoms with van der Waals surface area (Å²) in [6.07, 6.45) is 0. The van der Waals surface area contributed by atoms with E-state index >= 15 is 0 Å². The number of hydrogen-bond acceptors (Lipinski definition) is 4. The minimum Gasteiger partial charge on any atom is -0.369 e. The molecule has 0 saturated heterocycles. The number of hydrogen-bond donors (Lipinski definition) is 1. The van der Waals surface area contributed by atoms with Crippen LogP contribution in [0, 0.1) is 15.9 Å². The van der Waals surface area contributed by atoms with Crippen LogP contribution in [-0.2, 0) is 5.75 Å². The Morgan fingerprint density at radius 3 is 2.86 bits per heavy atom. The molecule has 0 saturated carbocycles. The van der Waals surface area contributed by atoms with E-state index in [0.717, 1.165) is 17.1 Å². The van der Waals surface area contributed by atoms with Gasteiger partial charge in [0.25, 0.3) is 5.69 Å². The van der Waals surface area contributed by atoms with Gasteiger partial charge in [0.05, 0.1) is 11.0 Å². The van der Waals surface area contributed by atoms with Crippen molar-refractivity contribution in [3.63, 3.8) is 0 Å². The highest BCUT2D eigenvalue weighted by Crippen LogP contribution is 2.36. The monoisotopic (exact) mass is 304 g/mol. The van der Waals surface area contributed by atoms with Crippen LogP contribution >= 0.6 is 11.8 Å². The molecule has 1 heterocycles. The van der Waals surface area contributed by atoms with Crippen molar-refractivity contribution in [2.24, 2.45) is 0 Å². The van der Waals surface area contributed by atoms with Gasteiger partial charge in [-0.05, 0) is 17.2 Å². The molecular weight excluding hydrogens is 291 g/mol. The van der Waals surface area contributed by atoms with Gasteiger partial charge < -0.3 is 5.32 Å². The molecule has 1 atom stereocenters. The van der Waals surface area contributed by atoms with Gasteiger partial charge >= 0.3 is 0 Å². The molecule has 1 unspecified atom stereocenters. The molecule has 6 heteroatoms. The predicted molar refractivity (Wildman–Crippen MR) is 82.0 cm³/mol. The maximum Gasteiger partial charge on any atom is 0.295 e. The zero-order chi connectivity index (χ0) is 14.8. The predicted octanol–water partition coefficient (Wildman–Crippen LogP) is 4.13. The third-order valence-corrected chi connectivity index (χ3v) is 4.56. The van der Waals surface area contributed by atoms with Crippen LogP contribution < -0.4 is 5.32 Å². The first-order valence-electron chi connectivity index (χ1n) is 6.52. The van der Waals surface area contributed by atoms with Gasteiger partial charge in [-0.3, -0.25) is 10.1 Å². The number of fused-ring (bicyclic) bond motifs is 1. The minimum absolute atomic E-state index is 0.0372. The standard InChI is InChI=1S/C15H13FN2O2S/c16-12-6-3-7-14(18(19)20)15(12)17-13-9-21-8-10-4-1-2-5-11(10)13/h1-7,13,17H,8-9H2. The molecule has 3 rings (SSSR count). The van der Waals surface area contributed by atoms with Crippen molar-refractivity contribution in [3.05, 3.63) is 69.5 Å². The molecule has 0 amide bonds. The van der Waals surface area contributed by atoms with Crippen LogP contribution in [0.5, 0.6) is 0 Å². The Hall–Kier alpha value is -2.08. The Morgan fingerprint density at radius 2 is 2.05 bits per heavy atom. The Labute approximate surface area is 125 Å². The molecule has 0 aliphatic carbocycles. The summed E-state index contributed by atoms with van der Waals surface area (Å²) in [7, 11) is 0. The van der Waals surface area contributed by atoms with Crippen LogP contribution in [0.15, 0.2) is 42.5 Å². The zero-order valence-electron chi connectivity index (χ0n) is 11.1. The smallest absolute Gasteiger partial charge is 0.295 e. The summed E-state index contributed by atoms with van der Waals surface area (Å²) in [6, 6.07) is 11.7. The lowest BCUT2D eigenvalue weighted by Gasteiger charge is -2.26. The Balaban J connectivity index is 1.97. The summed E-state index contributed by atoms with van der Waals surface area (Å²) >= 11 is 1.73. The minimum atomic E-state index is -0.600. The van der Waals surface area contributed by atoms with E-state index in [9.17, 15) is 14.5 Å². The Bertz CT molecular complexity index is 693. The van der Waals surface area contributed by atoms with E-state index in [1.807, 2.05) is 24.3 Å². The maximum atomic E-state index is 14.0. The fourth-order valence-electron chi connectivity index (χ4n) is 2.48. The second-order valence-electron chi connectivity index (χ2n) is 4.80. The van der Waals surface area contributed by atoms with Gasteiger partial charge in [0, 0.05) is 17.6 Å². The summed E-state index contributed by atoms with van der Waals surface area (Å²) in [5.41, 5.74) is 1.99. The third kappa shape index (κ3) is 2.71.